The van der Waals surface area contributed by atoms with E-state index in [0.717, 1.165) is 11.1 Å². The van der Waals surface area contributed by atoms with Crippen molar-refractivity contribution in [2.75, 3.05) is 0 Å². The van der Waals surface area contributed by atoms with Gasteiger partial charge in [-0.15, -0.1) is 0 Å². The van der Waals surface area contributed by atoms with E-state index < -0.39 is 48.1 Å². The summed E-state index contributed by atoms with van der Waals surface area (Å²) in [5.41, 5.74) is 1.58. The summed E-state index contributed by atoms with van der Waals surface area (Å²) in [5, 5.41) is 0. The van der Waals surface area contributed by atoms with Crippen LogP contribution in [0.3, 0.4) is 0 Å². The molecule has 4 rings (SSSR count). The predicted molar refractivity (Wildman–Crippen MR) is 82.8 cm³/mol. The van der Waals surface area contributed by atoms with E-state index in [9.17, 15) is 22.0 Å². The molecule has 0 bridgehead atoms. The van der Waals surface area contributed by atoms with Gasteiger partial charge in [0, 0.05) is 0 Å². The fraction of sp³-hybridized carbons (Fsp3) is 0. The van der Waals surface area contributed by atoms with Crippen molar-refractivity contribution in [3.8, 4) is 11.1 Å². The normalized spacial score (nSPS) is 13.0. The fourth-order valence-corrected chi connectivity index (χ4v) is 8.56. The number of benzene rings is 3. The number of hydrogen-bond acceptors (Lipinski definition) is 0. The Morgan fingerprint density at radius 2 is 0.875 bits per heavy atom. The molecule has 0 saturated carbocycles. The molecule has 0 spiro atoms. The minimum atomic E-state index is -2.87. The van der Waals surface area contributed by atoms with Gasteiger partial charge < -0.3 is 0 Å². The molecule has 0 amide bonds. The third-order valence-corrected chi connectivity index (χ3v) is 9.41. The Labute approximate surface area is 138 Å². The van der Waals surface area contributed by atoms with E-state index in [1.54, 1.807) is 48.5 Å². The van der Waals surface area contributed by atoms with Crippen molar-refractivity contribution in [1.29, 1.82) is 0 Å². The summed E-state index contributed by atoms with van der Waals surface area (Å²) in [5.74, 6) is -9.35. The Hall–Kier alpha value is -2.13. The van der Waals surface area contributed by atoms with E-state index in [1.807, 2.05) is 0 Å². The molecule has 120 valence electrons. The zero-order valence-electron chi connectivity index (χ0n) is 12.0. The first-order valence-corrected chi connectivity index (χ1v) is 9.84. The molecular formula is C18H8AsF5. The van der Waals surface area contributed by atoms with Gasteiger partial charge in [-0.25, -0.2) is 0 Å². The van der Waals surface area contributed by atoms with Crippen molar-refractivity contribution in [2.24, 2.45) is 0 Å². The number of rotatable bonds is 1. The van der Waals surface area contributed by atoms with Gasteiger partial charge in [-0.1, -0.05) is 0 Å². The van der Waals surface area contributed by atoms with Crippen molar-refractivity contribution in [3.63, 3.8) is 0 Å². The SMILES string of the molecule is Fc1c(F)c(F)c([As]2c3ccccc3-c3ccccc32)c(F)c1F. The molecule has 24 heavy (non-hydrogen) atoms. The van der Waals surface area contributed by atoms with Gasteiger partial charge in [0.05, 0.1) is 0 Å². The summed E-state index contributed by atoms with van der Waals surface area (Å²) in [6, 6.07) is 14.0. The summed E-state index contributed by atoms with van der Waals surface area (Å²) in [7, 11) is 0. The van der Waals surface area contributed by atoms with Crippen LogP contribution in [0.5, 0.6) is 0 Å². The monoisotopic (exact) mass is 394 g/mol. The Bertz CT molecular complexity index is 909. The van der Waals surface area contributed by atoms with Crippen molar-refractivity contribution >= 4 is 27.7 Å². The van der Waals surface area contributed by atoms with Gasteiger partial charge in [-0.2, -0.15) is 0 Å². The molecule has 0 nitrogen and oxygen atoms in total. The van der Waals surface area contributed by atoms with Crippen molar-refractivity contribution in [3.05, 3.63) is 77.6 Å². The van der Waals surface area contributed by atoms with Gasteiger partial charge in [0.15, 0.2) is 0 Å². The third-order valence-electron chi connectivity index (χ3n) is 3.99. The number of hydrogen-bond donors (Lipinski definition) is 0. The molecular weight excluding hydrogens is 386 g/mol. The van der Waals surface area contributed by atoms with Gasteiger partial charge in [-0.05, 0) is 0 Å². The minimum absolute atomic E-state index is 0.661. The zero-order valence-corrected chi connectivity index (χ0v) is 13.8. The average Bonchev–Trinajstić information content (AvgIpc) is 2.94. The van der Waals surface area contributed by atoms with Crippen molar-refractivity contribution in [1.82, 2.24) is 0 Å². The Balaban J connectivity index is 2.09. The first-order valence-electron chi connectivity index (χ1n) is 7.02. The van der Waals surface area contributed by atoms with Crippen LogP contribution >= 0.6 is 0 Å². The molecule has 0 radical (unpaired) electrons. The molecule has 0 unspecified atom stereocenters. The van der Waals surface area contributed by atoms with E-state index in [2.05, 4.69) is 0 Å². The molecule has 1 aliphatic rings. The fourth-order valence-electron chi connectivity index (χ4n) is 2.95. The van der Waals surface area contributed by atoms with Crippen molar-refractivity contribution < 1.29 is 22.0 Å². The van der Waals surface area contributed by atoms with Gasteiger partial charge in [0.2, 0.25) is 0 Å². The molecule has 0 atom stereocenters. The first kappa shape index (κ1) is 15.4. The van der Waals surface area contributed by atoms with Gasteiger partial charge in [-0.3, -0.25) is 0 Å². The molecule has 1 heterocycles. The predicted octanol–water partition coefficient (Wildman–Crippen LogP) is 2.88. The van der Waals surface area contributed by atoms with E-state index in [-0.39, 0.29) is 0 Å². The number of halogens is 5. The van der Waals surface area contributed by atoms with Crippen LogP contribution in [0, 0.1) is 29.1 Å². The molecule has 0 saturated heterocycles. The second-order valence-electron chi connectivity index (χ2n) is 5.29. The van der Waals surface area contributed by atoms with Crippen LogP contribution in [0.4, 0.5) is 22.0 Å². The Morgan fingerprint density at radius 1 is 0.500 bits per heavy atom. The molecule has 6 heteroatoms. The zero-order chi connectivity index (χ0) is 17.0. The molecule has 0 aromatic heterocycles. The first-order chi connectivity index (χ1) is 11.5. The second kappa shape index (κ2) is 5.45. The van der Waals surface area contributed by atoms with Gasteiger partial charge >= 0.3 is 138 Å². The second-order valence-corrected chi connectivity index (χ2v) is 9.66. The Morgan fingerprint density at radius 3 is 1.33 bits per heavy atom. The van der Waals surface area contributed by atoms with E-state index >= 15 is 0 Å². The van der Waals surface area contributed by atoms with Crippen LogP contribution in [-0.2, 0) is 0 Å². The molecule has 3 aromatic carbocycles. The molecule has 0 fully saturated rings. The molecule has 1 aliphatic heterocycles. The summed E-state index contributed by atoms with van der Waals surface area (Å²) in [6.45, 7) is 0. The van der Waals surface area contributed by atoms with Crippen LogP contribution < -0.4 is 13.1 Å². The van der Waals surface area contributed by atoms with E-state index in [1.165, 1.54) is 0 Å². The summed E-state index contributed by atoms with van der Waals surface area (Å²) in [4.78, 5) is 0. The maximum atomic E-state index is 14.4. The van der Waals surface area contributed by atoms with Crippen LogP contribution in [-0.4, -0.2) is 14.7 Å². The quantitative estimate of drug-likeness (QED) is 0.202. The summed E-state index contributed by atoms with van der Waals surface area (Å²) in [6.07, 6.45) is 0. The summed E-state index contributed by atoms with van der Waals surface area (Å²) < 4.78 is 70.1. The summed E-state index contributed by atoms with van der Waals surface area (Å²) >= 11 is -2.87. The van der Waals surface area contributed by atoms with Crippen LogP contribution in [0.15, 0.2) is 48.5 Å². The van der Waals surface area contributed by atoms with Gasteiger partial charge in [0.1, 0.15) is 0 Å². The van der Waals surface area contributed by atoms with Gasteiger partial charge in [0.25, 0.3) is 0 Å². The number of fused-ring (bicyclic) bond motifs is 3. The molecule has 3 aromatic rings. The van der Waals surface area contributed by atoms with Crippen LogP contribution in [0.1, 0.15) is 0 Å². The third kappa shape index (κ3) is 1.97. The Kier molecular flexibility index (Phi) is 3.50. The van der Waals surface area contributed by atoms with Crippen LogP contribution in [0.2, 0.25) is 0 Å². The van der Waals surface area contributed by atoms with E-state index in [4.69, 9.17) is 0 Å². The maximum absolute atomic E-state index is 14.4. The topological polar surface area (TPSA) is 0 Å². The average molecular weight is 394 g/mol. The molecule has 0 N–H and O–H groups in total. The van der Waals surface area contributed by atoms with E-state index in [0.29, 0.717) is 8.70 Å². The van der Waals surface area contributed by atoms with Crippen molar-refractivity contribution in [2.45, 2.75) is 0 Å². The standard InChI is InChI=1S/C18H8AsF5/c20-14-13(15(21)17(23)18(24)16(14)22)19-11-7-3-1-5-9(11)10-6-2-4-8-12(10)19/h1-8H. The molecule has 0 aliphatic carbocycles. The van der Waals surface area contributed by atoms with Crippen LogP contribution in [0.25, 0.3) is 11.1 Å².